The van der Waals surface area contributed by atoms with Gasteiger partial charge in [-0.25, -0.2) is 0 Å². The number of guanidine groups is 1. The van der Waals surface area contributed by atoms with Crippen LogP contribution in [0.3, 0.4) is 0 Å². The van der Waals surface area contributed by atoms with Gasteiger partial charge in [0.15, 0.2) is 5.96 Å². The van der Waals surface area contributed by atoms with Gasteiger partial charge >= 0.3 is 0 Å². The molecule has 1 saturated carbocycles. The molecule has 5 nitrogen and oxygen atoms in total. The van der Waals surface area contributed by atoms with Gasteiger partial charge < -0.3 is 20.3 Å². The second-order valence-electron chi connectivity index (χ2n) is 4.97. The average molecular weight is 256 g/mol. The van der Waals surface area contributed by atoms with Crippen LogP contribution in [0.5, 0.6) is 0 Å². The third kappa shape index (κ3) is 7.50. The lowest BCUT2D eigenvalue weighted by Gasteiger charge is -2.18. The van der Waals surface area contributed by atoms with Gasteiger partial charge in [0.25, 0.3) is 0 Å². The van der Waals surface area contributed by atoms with Crippen LogP contribution in [-0.4, -0.2) is 64.9 Å². The van der Waals surface area contributed by atoms with Gasteiger partial charge in [-0.05, 0) is 32.2 Å². The van der Waals surface area contributed by atoms with Crippen molar-refractivity contribution in [2.45, 2.75) is 19.3 Å². The van der Waals surface area contributed by atoms with Crippen LogP contribution in [0, 0.1) is 5.92 Å². The van der Waals surface area contributed by atoms with Gasteiger partial charge in [0.05, 0.1) is 0 Å². The van der Waals surface area contributed by atoms with Crippen molar-refractivity contribution in [2.75, 3.05) is 54.0 Å². The summed E-state index contributed by atoms with van der Waals surface area (Å²) in [7, 11) is 5.71. The number of hydrogen-bond acceptors (Lipinski definition) is 3. The molecule has 0 aromatic rings. The third-order valence-electron chi connectivity index (χ3n) is 3.15. The summed E-state index contributed by atoms with van der Waals surface area (Å²) in [6, 6.07) is 0. The first-order chi connectivity index (χ1) is 8.76. The molecule has 1 aliphatic carbocycles. The highest BCUT2D eigenvalue weighted by molar-refractivity contribution is 5.79. The van der Waals surface area contributed by atoms with Crippen LogP contribution >= 0.6 is 0 Å². The zero-order valence-electron chi connectivity index (χ0n) is 12.0. The second-order valence-corrected chi connectivity index (χ2v) is 4.97. The van der Waals surface area contributed by atoms with Crippen LogP contribution in [0.1, 0.15) is 19.3 Å². The largest absolute Gasteiger partial charge is 0.385 e. The molecule has 1 aliphatic rings. The molecule has 1 rings (SSSR count). The van der Waals surface area contributed by atoms with Crippen molar-refractivity contribution in [2.24, 2.45) is 10.9 Å². The minimum atomic E-state index is 0.836. The topological polar surface area (TPSA) is 48.9 Å². The van der Waals surface area contributed by atoms with Crippen LogP contribution in [0.4, 0.5) is 0 Å². The molecular weight excluding hydrogens is 228 g/mol. The Labute approximate surface area is 111 Å². The van der Waals surface area contributed by atoms with E-state index in [0.717, 1.165) is 51.1 Å². The predicted octanol–water partition coefficient (Wildman–Crippen LogP) is 0.530. The van der Waals surface area contributed by atoms with Crippen molar-refractivity contribution >= 4 is 5.96 Å². The van der Waals surface area contributed by atoms with Crippen LogP contribution in [0.2, 0.25) is 0 Å². The van der Waals surface area contributed by atoms with Gasteiger partial charge in [-0.2, -0.15) is 0 Å². The van der Waals surface area contributed by atoms with E-state index in [4.69, 9.17) is 4.74 Å². The van der Waals surface area contributed by atoms with Gasteiger partial charge in [-0.3, -0.25) is 4.99 Å². The van der Waals surface area contributed by atoms with E-state index in [9.17, 15) is 0 Å². The Kier molecular flexibility index (Phi) is 7.76. The summed E-state index contributed by atoms with van der Waals surface area (Å²) in [6.07, 6.45) is 3.82. The molecule has 0 bridgehead atoms. The van der Waals surface area contributed by atoms with E-state index in [-0.39, 0.29) is 0 Å². The third-order valence-corrected chi connectivity index (χ3v) is 3.15. The van der Waals surface area contributed by atoms with E-state index < -0.39 is 0 Å². The SMILES string of the molecule is CN=C(NCCN(C)CCCOC)NCC1CC1. The normalized spacial score (nSPS) is 16.1. The fraction of sp³-hybridized carbons (Fsp3) is 0.923. The van der Waals surface area contributed by atoms with Crippen molar-refractivity contribution in [3.05, 3.63) is 0 Å². The van der Waals surface area contributed by atoms with Crippen LogP contribution in [0.25, 0.3) is 0 Å². The first-order valence-electron chi connectivity index (χ1n) is 6.88. The zero-order valence-corrected chi connectivity index (χ0v) is 12.0. The van der Waals surface area contributed by atoms with E-state index in [1.807, 2.05) is 7.05 Å². The first kappa shape index (κ1) is 15.2. The Morgan fingerprint density at radius 1 is 1.33 bits per heavy atom. The monoisotopic (exact) mass is 256 g/mol. The molecule has 0 radical (unpaired) electrons. The fourth-order valence-corrected chi connectivity index (χ4v) is 1.74. The summed E-state index contributed by atoms with van der Waals surface area (Å²) in [4.78, 5) is 6.52. The molecular formula is C13H28N4O. The van der Waals surface area contributed by atoms with E-state index in [1.54, 1.807) is 7.11 Å². The Bertz CT molecular complexity index is 241. The first-order valence-corrected chi connectivity index (χ1v) is 6.88. The lowest BCUT2D eigenvalue weighted by molar-refractivity contribution is 0.180. The van der Waals surface area contributed by atoms with Crippen molar-refractivity contribution in [1.82, 2.24) is 15.5 Å². The number of nitrogens with zero attached hydrogens (tertiary/aromatic N) is 2. The number of likely N-dealkylation sites (N-methyl/N-ethyl adjacent to an activating group) is 1. The Hall–Kier alpha value is -0.810. The average Bonchev–Trinajstić information content (AvgIpc) is 3.18. The van der Waals surface area contributed by atoms with E-state index in [2.05, 4.69) is 27.6 Å². The molecule has 2 N–H and O–H groups in total. The molecule has 0 aromatic heterocycles. The molecule has 1 fully saturated rings. The Balaban J connectivity index is 1.99. The second kappa shape index (κ2) is 9.16. The van der Waals surface area contributed by atoms with Crippen molar-refractivity contribution in [1.29, 1.82) is 0 Å². The van der Waals surface area contributed by atoms with Gasteiger partial charge in [0.2, 0.25) is 0 Å². The standard InChI is InChI=1S/C13H28N4O/c1-14-13(16-11-12-5-6-12)15-7-9-17(2)8-4-10-18-3/h12H,4-11H2,1-3H3,(H2,14,15,16). The summed E-state index contributed by atoms with van der Waals surface area (Å²) in [5, 5.41) is 6.70. The molecule has 0 spiro atoms. The van der Waals surface area contributed by atoms with Crippen molar-refractivity contribution in [3.63, 3.8) is 0 Å². The maximum atomic E-state index is 5.04. The Morgan fingerprint density at radius 2 is 2.11 bits per heavy atom. The van der Waals surface area contributed by atoms with E-state index in [1.165, 1.54) is 12.8 Å². The van der Waals surface area contributed by atoms with Gasteiger partial charge in [-0.15, -0.1) is 0 Å². The smallest absolute Gasteiger partial charge is 0.191 e. The summed E-state index contributed by atoms with van der Waals surface area (Å²) in [5.74, 6) is 1.80. The number of hydrogen-bond donors (Lipinski definition) is 2. The number of ether oxygens (including phenoxy) is 1. The van der Waals surface area contributed by atoms with Crippen molar-refractivity contribution in [3.8, 4) is 0 Å². The van der Waals surface area contributed by atoms with Crippen LogP contribution < -0.4 is 10.6 Å². The van der Waals surface area contributed by atoms with Gasteiger partial charge in [0.1, 0.15) is 0 Å². The molecule has 18 heavy (non-hydrogen) atoms. The predicted molar refractivity (Wildman–Crippen MR) is 76.1 cm³/mol. The van der Waals surface area contributed by atoms with Crippen molar-refractivity contribution < 1.29 is 4.74 Å². The molecule has 106 valence electrons. The maximum absolute atomic E-state index is 5.04. The van der Waals surface area contributed by atoms with Crippen LogP contribution in [-0.2, 0) is 4.74 Å². The molecule has 0 atom stereocenters. The Morgan fingerprint density at radius 3 is 2.72 bits per heavy atom. The molecule has 0 aromatic carbocycles. The summed E-state index contributed by atoms with van der Waals surface area (Å²) in [6.45, 7) is 4.91. The van der Waals surface area contributed by atoms with E-state index in [0.29, 0.717) is 0 Å². The molecule has 0 aliphatic heterocycles. The minimum Gasteiger partial charge on any atom is -0.385 e. The zero-order chi connectivity index (χ0) is 13.2. The number of rotatable bonds is 9. The minimum absolute atomic E-state index is 0.836. The van der Waals surface area contributed by atoms with E-state index >= 15 is 0 Å². The molecule has 0 unspecified atom stereocenters. The highest BCUT2D eigenvalue weighted by Crippen LogP contribution is 2.27. The summed E-state index contributed by atoms with van der Waals surface area (Å²) < 4.78 is 5.04. The maximum Gasteiger partial charge on any atom is 0.191 e. The summed E-state index contributed by atoms with van der Waals surface area (Å²) in [5.41, 5.74) is 0. The van der Waals surface area contributed by atoms with Gasteiger partial charge in [0, 0.05) is 46.9 Å². The lowest BCUT2D eigenvalue weighted by atomic mass is 10.4. The highest BCUT2D eigenvalue weighted by Gasteiger charge is 2.20. The molecule has 0 amide bonds. The lowest BCUT2D eigenvalue weighted by Crippen LogP contribution is -2.41. The molecule has 0 heterocycles. The highest BCUT2D eigenvalue weighted by atomic mass is 16.5. The number of aliphatic imine (C=N–C) groups is 1. The molecule has 5 heteroatoms. The summed E-state index contributed by atoms with van der Waals surface area (Å²) >= 11 is 0. The molecule has 0 saturated heterocycles. The van der Waals surface area contributed by atoms with Gasteiger partial charge in [-0.1, -0.05) is 0 Å². The number of nitrogens with one attached hydrogen (secondary N) is 2. The fourth-order valence-electron chi connectivity index (χ4n) is 1.74. The van der Waals surface area contributed by atoms with Crippen LogP contribution in [0.15, 0.2) is 4.99 Å². The number of methoxy groups -OCH3 is 1. The quantitative estimate of drug-likeness (QED) is 0.359.